The van der Waals surface area contributed by atoms with Gasteiger partial charge in [-0.3, -0.25) is 9.59 Å². The summed E-state index contributed by atoms with van der Waals surface area (Å²) in [7, 11) is 0. The molecule has 0 saturated heterocycles. The van der Waals surface area contributed by atoms with E-state index in [1.54, 1.807) is 11.0 Å². The summed E-state index contributed by atoms with van der Waals surface area (Å²) in [5.74, 6) is -0.511. The van der Waals surface area contributed by atoms with Crippen LogP contribution in [0.1, 0.15) is 28.5 Å². The average Bonchev–Trinajstić information content (AvgIpc) is 3.11. The molecule has 3 amide bonds. The maximum Gasteiger partial charge on any atom is 0.410 e. The number of nitrogens with one attached hydrogen (secondary N) is 2. The molecule has 0 aliphatic carbocycles. The Bertz CT molecular complexity index is 1040. The highest BCUT2D eigenvalue weighted by atomic mass is 32.1. The molecule has 0 spiro atoms. The molecule has 0 saturated carbocycles. The van der Waals surface area contributed by atoms with E-state index in [1.165, 1.54) is 24.3 Å². The van der Waals surface area contributed by atoms with Crippen LogP contribution >= 0.6 is 11.3 Å². The first kappa shape index (κ1) is 22.1. The molecule has 31 heavy (non-hydrogen) atoms. The van der Waals surface area contributed by atoms with E-state index in [9.17, 15) is 19.6 Å². The molecule has 1 aromatic heterocycles. The zero-order valence-electron chi connectivity index (χ0n) is 17.0. The molecule has 0 radical (unpaired) electrons. The van der Waals surface area contributed by atoms with Crippen molar-refractivity contribution >= 4 is 40.3 Å². The monoisotopic (exact) mass is 438 g/mol. The van der Waals surface area contributed by atoms with Gasteiger partial charge >= 0.3 is 6.09 Å². The molecule has 2 aromatic rings. The Hall–Kier alpha value is -3.64. The van der Waals surface area contributed by atoms with Crippen molar-refractivity contribution in [2.45, 2.75) is 19.9 Å². The van der Waals surface area contributed by atoms with Crippen molar-refractivity contribution in [2.75, 3.05) is 25.0 Å². The Morgan fingerprint density at radius 2 is 2.06 bits per heavy atom. The van der Waals surface area contributed by atoms with Crippen LogP contribution in [0.5, 0.6) is 0 Å². The number of anilines is 1. The molecule has 9 heteroatoms. The average molecular weight is 439 g/mol. The highest BCUT2D eigenvalue weighted by molar-refractivity contribution is 7.16. The lowest BCUT2D eigenvalue weighted by atomic mass is 10.0. The van der Waals surface area contributed by atoms with Gasteiger partial charge in [0.05, 0.1) is 18.7 Å². The van der Waals surface area contributed by atoms with Crippen LogP contribution in [0.15, 0.2) is 36.4 Å². The fraction of sp³-hybridized carbons (Fsp3) is 0.273. The molecule has 0 bridgehead atoms. The third-order valence-electron chi connectivity index (χ3n) is 4.59. The zero-order chi connectivity index (χ0) is 22.2. The summed E-state index contributed by atoms with van der Waals surface area (Å²) in [6.07, 6.45) is 3.16. The minimum absolute atomic E-state index is 0.0880. The van der Waals surface area contributed by atoms with Crippen molar-refractivity contribution in [3.05, 3.63) is 58.0 Å². The van der Waals surface area contributed by atoms with Crippen molar-refractivity contribution in [1.29, 1.82) is 5.26 Å². The van der Waals surface area contributed by atoms with Gasteiger partial charge in [-0.1, -0.05) is 30.3 Å². The number of carbonyl (C=O) groups excluding carboxylic acids is 3. The van der Waals surface area contributed by atoms with E-state index in [0.29, 0.717) is 30.1 Å². The van der Waals surface area contributed by atoms with Crippen molar-refractivity contribution in [3.63, 3.8) is 0 Å². The van der Waals surface area contributed by atoms with Crippen molar-refractivity contribution < 1.29 is 19.1 Å². The fourth-order valence-corrected chi connectivity index (χ4v) is 4.33. The Labute approximate surface area is 184 Å². The van der Waals surface area contributed by atoms with E-state index in [-0.39, 0.29) is 25.0 Å². The second-order valence-corrected chi connectivity index (χ2v) is 7.93. The summed E-state index contributed by atoms with van der Waals surface area (Å²) in [4.78, 5) is 37.8. The number of rotatable bonds is 6. The van der Waals surface area contributed by atoms with E-state index < -0.39 is 6.09 Å². The number of fused-ring (bicyclic) bond motifs is 1. The number of hydrogen-bond donors (Lipinski definition) is 2. The van der Waals surface area contributed by atoms with E-state index in [0.717, 1.165) is 16.0 Å². The van der Waals surface area contributed by atoms with Gasteiger partial charge in [-0.25, -0.2) is 4.79 Å². The molecule has 8 nitrogen and oxygen atoms in total. The third kappa shape index (κ3) is 5.93. The molecule has 1 aliphatic rings. The first-order valence-corrected chi connectivity index (χ1v) is 10.5. The maximum atomic E-state index is 12.3. The lowest BCUT2D eigenvalue weighted by Gasteiger charge is -2.26. The van der Waals surface area contributed by atoms with Crippen LogP contribution in [0.25, 0.3) is 6.08 Å². The number of ether oxygens (including phenoxy) is 1. The molecular formula is C22H22N4O4S. The Morgan fingerprint density at radius 3 is 2.77 bits per heavy atom. The normalized spacial score (nSPS) is 12.7. The Morgan fingerprint density at radius 1 is 1.29 bits per heavy atom. The van der Waals surface area contributed by atoms with Gasteiger partial charge < -0.3 is 20.3 Å². The van der Waals surface area contributed by atoms with Gasteiger partial charge in [-0.2, -0.15) is 5.26 Å². The van der Waals surface area contributed by atoms with Crippen molar-refractivity contribution in [1.82, 2.24) is 10.2 Å². The number of thiophene rings is 1. The highest BCUT2D eigenvalue weighted by Crippen LogP contribution is 2.36. The number of hydrogen-bond acceptors (Lipinski definition) is 6. The van der Waals surface area contributed by atoms with Gasteiger partial charge in [-0.05, 0) is 23.6 Å². The number of benzene rings is 1. The second kappa shape index (κ2) is 10.4. The molecule has 0 atom stereocenters. The van der Waals surface area contributed by atoms with E-state index in [2.05, 4.69) is 16.7 Å². The topological polar surface area (TPSA) is 112 Å². The SMILES string of the molecule is CC(=O)NCCOC(=O)N1CCc2c(sc(NC(=O)/C=C/c3ccccc3)c2C#N)C1. The third-order valence-corrected chi connectivity index (χ3v) is 5.72. The van der Waals surface area contributed by atoms with Gasteiger partial charge in [-0.15, -0.1) is 11.3 Å². The van der Waals surface area contributed by atoms with Gasteiger partial charge in [0.15, 0.2) is 0 Å². The summed E-state index contributed by atoms with van der Waals surface area (Å²) in [6.45, 7) is 2.46. The van der Waals surface area contributed by atoms with E-state index in [1.807, 2.05) is 30.3 Å². The van der Waals surface area contributed by atoms with E-state index in [4.69, 9.17) is 4.74 Å². The molecule has 2 N–H and O–H groups in total. The van der Waals surface area contributed by atoms with Crippen molar-refractivity contribution in [2.24, 2.45) is 0 Å². The largest absolute Gasteiger partial charge is 0.448 e. The molecule has 1 aliphatic heterocycles. The number of nitrogens with zero attached hydrogens (tertiary/aromatic N) is 2. The summed E-state index contributed by atoms with van der Waals surface area (Å²) >= 11 is 1.30. The van der Waals surface area contributed by atoms with Crippen LogP contribution in [0, 0.1) is 11.3 Å². The first-order valence-electron chi connectivity index (χ1n) is 9.73. The maximum absolute atomic E-state index is 12.3. The quantitative estimate of drug-likeness (QED) is 0.532. The molecule has 2 heterocycles. The summed E-state index contributed by atoms with van der Waals surface area (Å²) < 4.78 is 5.18. The molecule has 0 unspecified atom stereocenters. The van der Waals surface area contributed by atoms with Gasteiger partial charge in [0.25, 0.3) is 0 Å². The zero-order valence-corrected chi connectivity index (χ0v) is 17.8. The number of amides is 3. The molecular weight excluding hydrogens is 416 g/mol. The van der Waals surface area contributed by atoms with Gasteiger partial charge in [0.2, 0.25) is 11.8 Å². The van der Waals surface area contributed by atoms with Crippen LogP contribution in [-0.2, 0) is 27.3 Å². The second-order valence-electron chi connectivity index (χ2n) is 6.82. The Kier molecular flexibility index (Phi) is 7.40. The highest BCUT2D eigenvalue weighted by Gasteiger charge is 2.28. The Balaban J connectivity index is 1.62. The summed E-state index contributed by atoms with van der Waals surface area (Å²) in [5.41, 5.74) is 2.20. The molecule has 3 rings (SSSR count). The van der Waals surface area contributed by atoms with E-state index >= 15 is 0 Å². The smallest absolute Gasteiger partial charge is 0.410 e. The van der Waals surface area contributed by atoms with Crippen LogP contribution in [0.3, 0.4) is 0 Å². The van der Waals surface area contributed by atoms with Crippen LogP contribution in [0.4, 0.5) is 9.80 Å². The summed E-state index contributed by atoms with van der Waals surface area (Å²) in [5, 5.41) is 15.4. The first-order chi connectivity index (χ1) is 15.0. The van der Waals surface area contributed by atoms with Crippen LogP contribution in [-0.4, -0.2) is 42.5 Å². The predicted octanol–water partition coefficient (Wildman–Crippen LogP) is 2.90. The number of carbonyl (C=O) groups is 3. The fourth-order valence-electron chi connectivity index (χ4n) is 3.11. The molecule has 1 aromatic carbocycles. The van der Waals surface area contributed by atoms with Crippen molar-refractivity contribution in [3.8, 4) is 6.07 Å². The van der Waals surface area contributed by atoms with Gasteiger partial charge in [0.1, 0.15) is 17.7 Å². The van der Waals surface area contributed by atoms with Crippen LogP contribution < -0.4 is 10.6 Å². The molecule has 160 valence electrons. The van der Waals surface area contributed by atoms with Crippen LogP contribution in [0.2, 0.25) is 0 Å². The van der Waals surface area contributed by atoms with Gasteiger partial charge in [0, 0.05) is 24.4 Å². The lowest BCUT2D eigenvalue weighted by Crippen LogP contribution is -2.37. The number of nitriles is 1. The minimum atomic E-state index is -0.473. The standard InChI is InChI=1S/C22H22N4O4S/c1-15(27)24-10-12-30-22(29)26-11-9-17-18(13-23)21(31-19(17)14-26)25-20(28)8-7-16-5-3-2-4-6-16/h2-8H,9-12,14H2,1H3,(H,24,27)(H,25,28)/b8-7+. The summed E-state index contributed by atoms with van der Waals surface area (Å²) in [6, 6.07) is 11.6. The minimum Gasteiger partial charge on any atom is -0.448 e. The molecule has 0 fully saturated rings. The lowest BCUT2D eigenvalue weighted by molar-refractivity contribution is -0.119. The predicted molar refractivity (Wildman–Crippen MR) is 117 cm³/mol.